The first-order valence-electron chi connectivity index (χ1n) is 9.11. The zero-order valence-electron chi connectivity index (χ0n) is 15.7. The molecule has 7 heteroatoms. The lowest BCUT2D eigenvalue weighted by Crippen LogP contribution is -2.48. The lowest BCUT2D eigenvalue weighted by atomic mass is 9.98. The minimum Gasteiger partial charge on any atom is -0.466 e. The molecule has 1 aliphatic rings. The maximum absolute atomic E-state index is 12.0. The van der Waals surface area contributed by atoms with E-state index in [-0.39, 0.29) is 11.9 Å². The van der Waals surface area contributed by atoms with Crippen LogP contribution in [0.5, 0.6) is 0 Å². The first-order valence-corrected chi connectivity index (χ1v) is 9.99. The molecule has 6 nitrogen and oxygen atoms in total. The summed E-state index contributed by atoms with van der Waals surface area (Å²) in [5, 5.41) is 6.73. The molecule has 0 aromatic carbocycles. The van der Waals surface area contributed by atoms with Crippen LogP contribution >= 0.6 is 11.3 Å². The number of thiazole rings is 1. The molecule has 0 radical (unpaired) electrons. The number of likely N-dealkylation sites (tertiary alicyclic amines) is 1. The van der Waals surface area contributed by atoms with E-state index in [4.69, 9.17) is 4.74 Å². The van der Waals surface area contributed by atoms with Crippen molar-refractivity contribution in [2.24, 2.45) is 10.9 Å². The van der Waals surface area contributed by atoms with Crippen LogP contribution < -0.4 is 5.32 Å². The molecule has 0 spiro atoms. The Morgan fingerprint density at radius 1 is 1.56 bits per heavy atom. The fourth-order valence-electron chi connectivity index (χ4n) is 2.96. The van der Waals surface area contributed by atoms with E-state index in [1.54, 1.807) is 18.4 Å². The van der Waals surface area contributed by atoms with Gasteiger partial charge < -0.3 is 15.0 Å². The summed E-state index contributed by atoms with van der Waals surface area (Å²) in [7, 11) is 1.79. The number of esters is 1. The zero-order valence-corrected chi connectivity index (χ0v) is 16.6. The molecule has 1 fully saturated rings. The average Bonchev–Trinajstić information content (AvgIpc) is 3.08. The molecular weight excluding hydrogens is 336 g/mol. The van der Waals surface area contributed by atoms with Gasteiger partial charge in [-0.15, -0.1) is 11.3 Å². The Kier molecular flexibility index (Phi) is 7.68. The molecule has 0 amide bonds. The molecular formula is C18H30N4O2S. The van der Waals surface area contributed by atoms with Gasteiger partial charge in [0.05, 0.1) is 23.2 Å². The van der Waals surface area contributed by atoms with Crippen molar-refractivity contribution in [1.82, 2.24) is 15.2 Å². The zero-order chi connectivity index (χ0) is 18.2. The molecule has 1 saturated heterocycles. The number of aliphatic imine (C=N–C) groups is 1. The highest BCUT2D eigenvalue weighted by Crippen LogP contribution is 2.20. The quantitative estimate of drug-likeness (QED) is 0.476. The van der Waals surface area contributed by atoms with Crippen LogP contribution in [0.2, 0.25) is 0 Å². The van der Waals surface area contributed by atoms with Crippen molar-refractivity contribution in [2.75, 3.05) is 33.3 Å². The van der Waals surface area contributed by atoms with Gasteiger partial charge in [-0.3, -0.25) is 9.79 Å². The Morgan fingerprint density at radius 2 is 2.36 bits per heavy atom. The predicted molar refractivity (Wildman–Crippen MR) is 102 cm³/mol. The average molecular weight is 367 g/mol. The van der Waals surface area contributed by atoms with Crippen LogP contribution in [0, 0.1) is 5.92 Å². The molecule has 2 rings (SSSR count). The molecule has 1 aromatic rings. The van der Waals surface area contributed by atoms with Crippen molar-refractivity contribution in [3.8, 4) is 0 Å². The number of piperidine rings is 1. The van der Waals surface area contributed by atoms with Gasteiger partial charge in [0.15, 0.2) is 5.96 Å². The van der Waals surface area contributed by atoms with Gasteiger partial charge in [-0.05, 0) is 19.8 Å². The molecule has 1 atom stereocenters. The Morgan fingerprint density at radius 3 is 3.00 bits per heavy atom. The van der Waals surface area contributed by atoms with Gasteiger partial charge in [-0.2, -0.15) is 0 Å². The molecule has 1 N–H and O–H groups in total. The standard InChI is InChI=1S/C18H30N4O2S/c1-5-24-17(23)14-7-6-10-22(11-14)18(19-4)20-9-8-15-12-25-16(21-15)13(2)3/h12-14H,5-11H2,1-4H3,(H,19,20). The van der Waals surface area contributed by atoms with Gasteiger partial charge in [0, 0.05) is 44.4 Å². The maximum Gasteiger partial charge on any atom is 0.310 e. The molecule has 0 aliphatic carbocycles. The van der Waals surface area contributed by atoms with Crippen LogP contribution in [-0.4, -0.2) is 55.1 Å². The second-order valence-corrected chi connectivity index (χ2v) is 7.48. The van der Waals surface area contributed by atoms with E-state index in [1.165, 1.54) is 5.01 Å². The van der Waals surface area contributed by atoms with Crippen molar-refractivity contribution >= 4 is 23.3 Å². The van der Waals surface area contributed by atoms with E-state index in [2.05, 4.69) is 39.4 Å². The van der Waals surface area contributed by atoms with Crippen molar-refractivity contribution in [1.29, 1.82) is 0 Å². The number of nitrogens with one attached hydrogen (secondary N) is 1. The molecule has 140 valence electrons. The van der Waals surface area contributed by atoms with E-state index in [0.29, 0.717) is 19.1 Å². The van der Waals surface area contributed by atoms with E-state index in [1.807, 2.05) is 6.92 Å². The summed E-state index contributed by atoms with van der Waals surface area (Å²) in [4.78, 5) is 23.2. The fourth-order valence-corrected chi connectivity index (χ4v) is 3.83. The Hall–Kier alpha value is -1.63. The number of guanidine groups is 1. The van der Waals surface area contributed by atoms with Gasteiger partial charge >= 0.3 is 5.97 Å². The number of aromatic nitrogens is 1. The minimum absolute atomic E-state index is 0.0561. The van der Waals surface area contributed by atoms with Crippen molar-refractivity contribution in [2.45, 2.75) is 46.0 Å². The normalized spacial score (nSPS) is 18.5. The molecule has 2 heterocycles. The predicted octanol–water partition coefficient (Wildman–Crippen LogP) is 2.66. The molecule has 1 aromatic heterocycles. The molecule has 0 saturated carbocycles. The number of ether oxygens (including phenoxy) is 1. The van der Waals surface area contributed by atoms with Gasteiger partial charge in [-0.25, -0.2) is 4.98 Å². The van der Waals surface area contributed by atoms with Gasteiger partial charge in [0.1, 0.15) is 0 Å². The third-order valence-corrected chi connectivity index (χ3v) is 5.47. The van der Waals surface area contributed by atoms with E-state index in [9.17, 15) is 4.79 Å². The number of carbonyl (C=O) groups is 1. The third-order valence-electron chi connectivity index (χ3n) is 4.28. The van der Waals surface area contributed by atoms with E-state index >= 15 is 0 Å². The summed E-state index contributed by atoms with van der Waals surface area (Å²) in [6, 6.07) is 0. The summed E-state index contributed by atoms with van der Waals surface area (Å²) >= 11 is 1.73. The summed E-state index contributed by atoms with van der Waals surface area (Å²) in [6.07, 6.45) is 2.74. The summed E-state index contributed by atoms with van der Waals surface area (Å²) in [6.45, 7) is 9.00. The number of hydrogen-bond acceptors (Lipinski definition) is 5. The SMILES string of the molecule is CCOC(=O)C1CCCN(C(=NC)NCCc2csc(C(C)C)n2)C1. The molecule has 0 bridgehead atoms. The van der Waals surface area contributed by atoms with Crippen LogP contribution in [0.4, 0.5) is 0 Å². The second kappa shape index (κ2) is 9.75. The number of carbonyl (C=O) groups excluding carboxylic acids is 1. The highest BCUT2D eigenvalue weighted by atomic mass is 32.1. The van der Waals surface area contributed by atoms with Gasteiger partial charge in [-0.1, -0.05) is 13.8 Å². The van der Waals surface area contributed by atoms with E-state index in [0.717, 1.165) is 44.0 Å². The highest BCUT2D eigenvalue weighted by molar-refractivity contribution is 7.09. The van der Waals surface area contributed by atoms with Crippen LogP contribution in [-0.2, 0) is 16.0 Å². The number of rotatable bonds is 6. The largest absolute Gasteiger partial charge is 0.466 e. The Bertz CT molecular complexity index is 585. The smallest absolute Gasteiger partial charge is 0.310 e. The Balaban J connectivity index is 1.83. The summed E-state index contributed by atoms with van der Waals surface area (Å²) < 4.78 is 5.17. The second-order valence-electron chi connectivity index (χ2n) is 6.59. The van der Waals surface area contributed by atoms with Gasteiger partial charge in [0.2, 0.25) is 0 Å². The first-order chi connectivity index (χ1) is 12.0. The molecule has 1 aliphatic heterocycles. The Labute approximate surface area is 154 Å². The third kappa shape index (κ3) is 5.70. The fraction of sp³-hybridized carbons (Fsp3) is 0.722. The lowest BCUT2D eigenvalue weighted by Gasteiger charge is -2.33. The van der Waals surface area contributed by atoms with Crippen LogP contribution in [0.15, 0.2) is 10.4 Å². The van der Waals surface area contributed by atoms with Gasteiger partial charge in [0.25, 0.3) is 0 Å². The first kappa shape index (κ1) is 19.7. The topological polar surface area (TPSA) is 66.8 Å². The highest BCUT2D eigenvalue weighted by Gasteiger charge is 2.28. The molecule has 1 unspecified atom stereocenters. The van der Waals surface area contributed by atoms with Crippen molar-refractivity contribution < 1.29 is 9.53 Å². The lowest BCUT2D eigenvalue weighted by molar-refractivity contribution is -0.149. The van der Waals surface area contributed by atoms with Crippen molar-refractivity contribution in [3.05, 3.63) is 16.1 Å². The van der Waals surface area contributed by atoms with Crippen molar-refractivity contribution in [3.63, 3.8) is 0 Å². The van der Waals surface area contributed by atoms with Crippen LogP contribution in [0.3, 0.4) is 0 Å². The molecule has 25 heavy (non-hydrogen) atoms. The van der Waals surface area contributed by atoms with E-state index < -0.39 is 0 Å². The number of nitrogens with zero attached hydrogens (tertiary/aromatic N) is 3. The monoisotopic (exact) mass is 366 g/mol. The minimum atomic E-state index is -0.0914. The maximum atomic E-state index is 12.0. The summed E-state index contributed by atoms with van der Waals surface area (Å²) in [5.74, 6) is 1.19. The van der Waals surface area contributed by atoms with Crippen LogP contribution in [0.25, 0.3) is 0 Å². The number of hydrogen-bond donors (Lipinski definition) is 1. The van der Waals surface area contributed by atoms with Crippen LogP contribution in [0.1, 0.15) is 50.2 Å². The summed E-state index contributed by atoms with van der Waals surface area (Å²) in [5.41, 5.74) is 1.12.